The summed E-state index contributed by atoms with van der Waals surface area (Å²) < 4.78 is 88.7. The molecule has 6 nitrogen and oxygen atoms in total. The van der Waals surface area contributed by atoms with E-state index in [0.29, 0.717) is 11.4 Å². The minimum Gasteiger partial charge on any atom is -0.321 e. The Morgan fingerprint density at radius 1 is 1.12 bits per heavy atom. The van der Waals surface area contributed by atoms with E-state index in [-0.39, 0.29) is 35.3 Å². The Labute approximate surface area is 232 Å². The van der Waals surface area contributed by atoms with Crippen molar-refractivity contribution in [1.29, 1.82) is 0 Å². The maximum atomic E-state index is 15.5. The lowest BCUT2D eigenvalue weighted by Gasteiger charge is -2.48. The minimum absolute atomic E-state index is 0.0993. The quantitative estimate of drug-likeness (QED) is 0.346. The monoisotopic (exact) mass is 577 g/mol. The third-order valence-electron chi connectivity index (χ3n) is 8.95. The molecule has 2 saturated carbocycles. The molecular formula is C29H29F6N5O. The zero-order valence-electron chi connectivity index (χ0n) is 22.6. The lowest BCUT2D eigenvalue weighted by atomic mass is 9.59. The molecule has 2 aromatic carbocycles. The third kappa shape index (κ3) is 4.69. The van der Waals surface area contributed by atoms with Gasteiger partial charge < -0.3 is 14.8 Å². The Kier molecular flexibility index (Phi) is 6.29. The van der Waals surface area contributed by atoms with Gasteiger partial charge in [-0.25, -0.2) is 13.2 Å². The standard InChI is InChI=1S/C29H29F6N5O/c1-26(8-5-9-26)36-12-17-10-18-19(23(24(17)30)29(33,34)35)13-40(25(18)41)21-7-4-3-6-20(21)27(14-28(31,32)15-27)11-22-38-37-16-39(22)2/h3-4,6-7,10,16,36H,5,8-9,11-15H2,1-2H3. The van der Waals surface area contributed by atoms with Gasteiger partial charge in [0.05, 0.1) is 12.1 Å². The van der Waals surface area contributed by atoms with Crippen molar-refractivity contribution in [3.8, 4) is 0 Å². The first-order chi connectivity index (χ1) is 19.2. The van der Waals surface area contributed by atoms with Crippen LogP contribution in [0.25, 0.3) is 0 Å². The predicted octanol–water partition coefficient (Wildman–Crippen LogP) is 6.08. The second-order valence-corrected chi connectivity index (χ2v) is 11.9. The van der Waals surface area contributed by atoms with Crippen LogP contribution in [0.5, 0.6) is 0 Å². The zero-order chi connectivity index (χ0) is 29.4. The molecule has 12 heteroatoms. The molecular weight excluding hydrogens is 548 g/mol. The maximum absolute atomic E-state index is 15.5. The number of hydrogen-bond acceptors (Lipinski definition) is 4. The van der Waals surface area contributed by atoms with Crippen molar-refractivity contribution < 1.29 is 31.1 Å². The van der Waals surface area contributed by atoms with Crippen LogP contribution >= 0.6 is 0 Å². The summed E-state index contributed by atoms with van der Waals surface area (Å²) in [5.74, 6) is -4.61. The molecule has 0 atom stereocenters. The van der Waals surface area contributed by atoms with Crippen molar-refractivity contribution in [2.24, 2.45) is 7.05 Å². The van der Waals surface area contributed by atoms with E-state index < -0.39 is 59.8 Å². The smallest absolute Gasteiger partial charge is 0.321 e. The number of nitrogens with zero attached hydrogens (tertiary/aromatic N) is 4. The molecule has 0 unspecified atom stereocenters. The predicted molar refractivity (Wildman–Crippen MR) is 138 cm³/mol. The molecule has 0 spiro atoms. The molecule has 6 rings (SSSR count). The molecule has 1 N–H and O–H groups in total. The first-order valence-electron chi connectivity index (χ1n) is 13.5. The fraction of sp³-hybridized carbons (Fsp3) is 0.483. The lowest BCUT2D eigenvalue weighted by molar-refractivity contribution is -0.140. The molecule has 1 aromatic heterocycles. The van der Waals surface area contributed by atoms with E-state index in [4.69, 9.17) is 0 Å². The summed E-state index contributed by atoms with van der Waals surface area (Å²) in [7, 11) is 1.69. The van der Waals surface area contributed by atoms with Gasteiger partial charge in [-0.05, 0) is 49.4 Å². The van der Waals surface area contributed by atoms with Gasteiger partial charge in [0, 0.05) is 60.6 Å². The number of alkyl halides is 5. The second-order valence-electron chi connectivity index (χ2n) is 11.9. The van der Waals surface area contributed by atoms with Gasteiger partial charge in [-0.15, -0.1) is 10.2 Å². The number of carbonyl (C=O) groups is 1. The summed E-state index contributed by atoms with van der Waals surface area (Å²) in [6.45, 7) is 1.24. The molecule has 3 aromatic rings. The van der Waals surface area contributed by atoms with Gasteiger partial charge in [-0.3, -0.25) is 4.79 Å². The number of halogens is 6. The van der Waals surface area contributed by atoms with E-state index in [1.807, 2.05) is 6.92 Å². The fourth-order valence-electron chi connectivity index (χ4n) is 6.57. The molecule has 41 heavy (non-hydrogen) atoms. The van der Waals surface area contributed by atoms with Gasteiger partial charge in [0.2, 0.25) is 5.92 Å². The van der Waals surface area contributed by atoms with Crippen LogP contribution in [0.2, 0.25) is 0 Å². The summed E-state index contributed by atoms with van der Waals surface area (Å²) in [6, 6.07) is 7.61. The van der Waals surface area contributed by atoms with Gasteiger partial charge in [0.1, 0.15) is 18.0 Å². The topological polar surface area (TPSA) is 63.1 Å². The molecule has 2 fully saturated rings. The van der Waals surface area contributed by atoms with Gasteiger partial charge >= 0.3 is 6.18 Å². The first kappa shape index (κ1) is 27.7. The van der Waals surface area contributed by atoms with E-state index in [9.17, 15) is 26.7 Å². The molecule has 3 aliphatic rings. The number of hydrogen-bond donors (Lipinski definition) is 1. The van der Waals surface area contributed by atoms with Crippen molar-refractivity contribution in [3.05, 3.63) is 76.1 Å². The van der Waals surface area contributed by atoms with Gasteiger partial charge in [0.25, 0.3) is 5.91 Å². The Hall–Kier alpha value is -3.41. The van der Waals surface area contributed by atoms with Gasteiger partial charge in [-0.1, -0.05) is 18.2 Å². The van der Waals surface area contributed by atoms with Crippen molar-refractivity contribution in [2.75, 3.05) is 4.90 Å². The number of anilines is 1. The number of para-hydroxylation sites is 1. The van der Waals surface area contributed by atoms with Crippen LogP contribution in [-0.4, -0.2) is 32.1 Å². The zero-order valence-corrected chi connectivity index (χ0v) is 22.6. The summed E-state index contributed by atoms with van der Waals surface area (Å²) in [5.41, 5.74) is -3.15. The number of amides is 1. The average molecular weight is 578 g/mol. The fourth-order valence-corrected chi connectivity index (χ4v) is 6.57. The second kappa shape index (κ2) is 9.30. The average Bonchev–Trinajstić information content (AvgIpc) is 3.41. The molecule has 0 bridgehead atoms. The SMILES string of the molecule is Cn1cnnc1CC1(c2ccccc2N2Cc3c(cc(CNC4(C)CCC4)c(F)c3C(F)(F)F)C2=O)CC(F)(F)C1. The Morgan fingerprint density at radius 2 is 1.83 bits per heavy atom. The van der Waals surface area contributed by atoms with Gasteiger partial charge in [0.15, 0.2) is 0 Å². The Morgan fingerprint density at radius 3 is 2.41 bits per heavy atom. The number of nitrogens with one attached hydrogen (secondary N) is 1. The number of carbonyl (C=O) groups excluding carboxylic acids is 1. The van der Waals surface area contributed by atoms with Gasteiger partial charge in [-0.2, -0.15) is 13.2 Å². The highest BCUT2D eigenvalue weighted by Gasteiger charge is 2.59. The molecule has 2 aliphatic carbocycles. The van der Waals surface area contributed by atoms with Crippen molar-refractivity contribution in [3.63, 3.8) is 0 Å². The van der Waals surface area contributed by atoms with E-state index in [2.05, 4.69) is 15.5 Å². The number of aryl methyl sites for hydroxylation is 1. The summed E-state index contributed by atoms with van der Waals surface area (Å²) in [4.78, 5) is 14.9. The number of fused-ring (bicyclic) bond motifs is 1. The first-order valence-corrected chi connectivity index (χ1v) is 13.5. The molecule has 0 radical (unpaired) electrons. The van der Waals surface area contributed by atoms with Crippen molar-refractivity contribution in [2.45, 2.75) is 81.6 Å². The minimum atomic E-state index is -5.04. The maximum Gasteiger partial charge on any atom is 0.419 e. The molecule has 218 valence electrons. The van der Waals surface area contributed by atoms with E-state index in [0.717, 1.165) is 24.2 Å². The number of rotatable bonds is 7. The highest BCUT2D eigenvalue weighted by molar-refractivity contribution is 6.11. The largest absolute Gasteiger partial charge is 0.419 e. The van der Waals surface area contributed by atoms with Crippen LogP contribution in [0.15, 0.2) is 36.7 Å². The van der Waals surface area contributed by atoms with E-state index >= 15 is 4.39 Å². The van der Waals surface area contributed by atoms with E-state index in [1.54, 1.807) is 29.8 Å². The normalized spacial score (nSPS) is 20.5. The lowest BCUT2D eigenvalue weighted by Crippen LogP contribution is -2.51. The van der Waals surface area contributed by atoms with Crippen molar-refractivity contribution >= 4 is 11.6 Å². The van der Waals surface area contributed by atoms with Crippen LogP contribution in [0.3, 0.4) is 0 Å². The summed E-state index contributed by atoms with van der Waals surface area (Å²) in [6.07, 6.45) is -1.90. The summed E-state index contributed by atoms with van der Waals surface area (Å²) in [5, 5.41) is 11.0. The molecule has 0 saturated heterocycles. The van der Waals surface area contributed by atoms with Crippen LogP contribution < -0.4 is 10.2 Å². The highest BCUT2D eigenvalue weighted by Crippen LogP contribution is 2.57. The molecule has 1 amide bonds. The Balaban J connectivity index is 1.40. The third-order valence-corrected chi connectivity index (χ3v) is 8.95. The van der Waals surface area contributed by atoms with Crippen LogP contribution in [-0.2, 0) is 38.1 Å². The highest BCUT2D eigenvalue weighted by atomic mass is 19.4. The number of aromatic nitrogens is 3. The van der Waals surface area contributed by atoms with Crippen LogP contribution in [0.4, 0.5) is 32.0 Å². The van der Waals surface area contributed by atoms with Crippen molar-refractivity contribution in [1.82, 2.24) is 20.1 Å². The van der Waals surface area contributed by atoms with Crippen LogP contribution in [0.1, 0.15) is 77.5 Å². The Bertz CT molecular complexity index is 1520. The number of benzene rings is 2. The van der Waals surface area contributed by atoms with Crippen LogP contribution in [0, 0.1) is 5.82 Å². The molecule has 1 aliphatic heterocycles. The summed E-state index contributed by atoms with van der Waals surface area (Å²) >= 11 is 0. The van der Waals surface area contributed by atoms with E-state index in [1.165, 1.54) is 18.5 Å². The molecule has 2 heterocycles.